The van der Waals surface area contributed by atoms with Gasteiger partial charge in [-0.2, -0.15) is 0 Å². The van der Waals surface area contributed by atoms with Crippen LogP contribution in [0.1, 0.15) is 5.56 Å². The Morgan fingerprint density at radius 1 is 1.28 bits per heavy atom. The molecule has 96 valence electrons. The topological polar surface area (TPSA) is 66.4 Å². The summed E-state index contributed by atoms with van der Waals surface area (Å²) in [5.74, 6) is -0.0887. The maximum atomic E-state index is 12.0. The fourth-order valence-corrected chi connectivity index (χ4v) is 4.45. The van der Waals surface area contributed by atoms with Crippen LogP contribution in [0.4, 0.5) is 5.69 Å². The Labute approximate surface area is 117 Å². The van der Waals surface area contributed by atoms with Crippen molar-refractivity contribution in [3.8, 4) is 5.75 Å². The van der Waals surface area contributed by atoms with E-state index in [9.17, 15) is 13.5 Å². The number of sulfonamides is 1. The summed E-state index contributed by atoms with van der Waals surface area (Å²) >= 11 is 4.32. The van der Waals surface area contributed by atoms with Crippen molar-refractivity contribution in [2.24, 2.45) is 0 Å². The van der Waals surface area contributed by atoms with Gasteiger partial charge in [0.2, 0.25) is 0 Å². The molecule has 0 unspecified atom stereocenters. The fourth-order valence-electron chi connectivity index (χ4n) is 1.37. The molecule has 1 heterocycles. The van der Waals surface area contributed by atoms with Crippen molar-refractivity contribution in [3.63, 3.8) is 0 Å². The van der Waals surface area contributed by atoms with Gasteiger partial charge in [0.25, 0.3) is 10.0 Å². The summed E-state index contributed by atoms with van der Waals surface area (Å²) in [6.07, 6.45) is 0. The van der Waals surface area contributed by atoms with Gasteiger partial charge in [-0.25, -0.2) is 8.42 Å². The van der Waals surface area contributed by atoms with Crippen LogP contribution in [0, 0.1) is 6.92 Å². The summed E-state index contributed by atoms with van der Waals surface area (Å²) in [4.78, 5) is 0. The molecular formula is C11H10BrNO3S2. The van der Waals surface area contributed by atoms with Gasteiger partial charge < -0.3 is 5.11 Å². The molecule has 0 radical (unpaired) electrons. The van der Waals surface area contributed by atoms with E-state index in [4.69, 9.17) is 0 Å². The number of aryl methyl sites for hydroxylation is 1. The van der Waals surface area contributed by atoms with E-state index in [1.54, 1.807) is 12.1 Å². The molecule has 4 nitrogen and oxygen atoms in total. The Hall–Kier alpha value is -1.05. The van der Waals surface area contributed by atoms with Crippen LogP contribution in [0.3, 0.4) is 0 Å². The molecule has 2 aromatic rings. The van der Waals surface area contributed by atoms with Crippen molar-refractivity contribution in [2.75, 3.05) is 4.72 Å². The van der Waals surface area contributed by atoms with Crippen LogP contribution in [-0.2, 0) is 10.0 Å². The van der Waals surface area contributed by atoms with Gasteiger partial charge in [0, 0.05) is 0 Å². The minimum Gasteiger partial charge on any atom is -0.506 e. The third-order valence-corrected chi connectivity index (χ3v) is 5.69. The van der Waals surface area contributed by atoms with Crippen molar-refractivity contribution in [1.29, 1.82) is 0 Å². The number of benzene rings is 1. The molecule has 0 saturated heterocycles. The summed E-state index contributed by atoms with van der Waals surface area (Å²) in [5.41, 5.74) is 1.03. The van der Waals surface area contributed by atoms with Crippen LogP contribution < -0.4 is 4.72 Å². The summed E-state index contributed by atoms with van der Waals surface area (Å²) in [7, 11) is -3.65. The highest BCUT2D eigenvalue weighted by Crippen LogP contribution is 2.30. The lowest BCUT2D eigenvalue weighted by Gasteiger charge is -2.08. The van der Waals surface area contributed by atoms with Crippen LogP contribution >= 0.6 is 27.3 Å². The highest BCUT2D eigenvalue weighted by Gasteiger charge is 2.18. The van der Waals surface area contributed by atoms with Crippen molar-refractivity contribution < 1.29 is 13.5 Å². The minimum atomic E-state index is -3.65. The smallest absolute Gasteiger partial charge is 0.271 e. The second kappa shape index (κ2) is 4.91. The normalized spacial score (nSPS) is 11.4. The Morgan fingerprint density at radius 3 is 2.56 bits per heavy atom. The number of hydrogen-bond acceptors (Lipinski definition) is 4. The number of anilines is 1. The van der Waals surface area contributed by atoms with E-state index in [-0.39, 0.29) is 15.6 Å². The predicted octanol–water partition coefficient (Wildman–Crippen LogP) is 3.33. The van der Waals surface area contributed by atoms with Gasteiger partial charge in [0.05, 0.1) is 9.47 Å². The number of rotatable bonds is 3. The number of phenols is 1. The Balaban J connectivity index is 2.33. The van der Waals surface area contributed by atoms with Gasteiger partial charge in [-0.1, -0.05) is 6.07 Å². The molecule has 0 aliphatic rings. The number of phenolic OH excluding ortho intramolecular Hbond substituents is 1. The Bertz CT molecular complexity index is 679. The molecule has 0 fully saturated rings. The van der Waals surface area contributed by atoms with Crippen molar-refractivity contribution in [1.82, 2.24) is 0 Å². The molecule has 0 atom stereocenters. The number of aromatic hydroxyl groups is 1. The lowest BCUT2D eigenvalue weighted by atomic mass is 10.2. The standard InChI is InChI=1S/C11H10BrNO3S2/c1-7-2-3-8(9(14)6-7)13-18(15,16)11-5-4-10(12)17-11/h2-6,13-14H,1H3. The zero-order valence-electron chi connectivity index (χ0n) is 9.34. The van der Waals surface area contributed by atoms with E-state index in [2.05, 4.69) is 20.7 Å². The summed E-state index contributed by atoms with van der Waals surface area (Å²) in [6, 6.07) is 7.92. The van der Waals surface area contributed by atoms with Gasteiger partial charge in [0.1, 0.15) is 9.96 Å². The average molecular weight is 348 g/mol. The molecule has 1 aromatic heterocycles. The molecule has 0 saturated carbocycles. The maximum Gasteiger partial charge on any atom is 0.271 e. The highest BCUT2D eigenvalue weighted by atomic mass is 79.9. The van der Waals surface area contributed by atoms with E-state index >= 15 is 0 Å². The number of halogens is 1. The van der Waals surface area contributed by atoms with Gasteiger partial charge in [-0.15, -0.1) is 11.3 Å². The molecule has 0 bridgehead atoms. The average Bonchev–Trinajstić information content (AvgIpc) is 2.70. The van der Waals surface area contributed by atoms with E-state index in [0.29, 0.717) is 0 Å². The molecule has 0 aliphatic heterocycles. The molecule has 18 heavy (non-hydrogen) atoms. The first kappa shape index (κ1) is 13.4. The zero-order valence-corrected chi connectivity index (χ0v) is 12.6. The van der Waals surface area contributed by atoms with Gasteiger partial charge >= 0.3 is 0 Å². The Kier molecular flexibility index (Phi) is 3.65. The third kappa shape index (κ3) is 2.85. The molecule has 1 aromatic carbocycles. The largest absolute Gasteiger partial charge is 0.506 e. The molecule has 0 amide bonds. The SMILES string of the molecule is Cc1ccc(NS(=O)(=O)c2ccc(Br)s2)c(O)c1. The van der Waals surface area contributed by atoms with Crippen LogP contribution in [-0.4, -0.2) is 13.5 Å². The maximum absolute atomic E-state index is 12.0. The molecular weight excluding hydrogens is 338 g/mol. The van der Waals surface area contributed by atoms with Crippen LogP contribution in [0.2, 0.25) is 0 Å². The zero-order chi connectivity index (χ0) is 13.3. The quantitative estimate of drug-likeness (QED) is 0.837. The van der Waals surface area contributed by atoms with E-state index in [1.165, 1.54) is 18.2 Å². The number of hydrogen-bond donors (Lipinski definition) is 2. The van der Waals surface area contributed by atoms with E-state index in [0.717, 1.165) is 20.7 Å². The van der Waals surface area contributed by atoms with Gasteiger partial charge in [-0.3, -0.25) is 4.72 Å². The third-order valence-electron chi connectivity index (χ3n) is 2.21. The second-order valence-corrected chi connectivity index (χ2v) is 8.06. The molecule has 2 rings (SSSR count). The first-order chi connectivity index (χ1) is 8.38. The minimum absolute atomic E-state index is 0.0887. The van der Waals surface area contributed by atoms with Crippen molar-refractivity contribution in [2.45, 2.75) is 11.1 Å². The van der Waals surface area contributed by atoms with E-state index in [1.807, 2.05) is 6.92 Å². The summed E-state index contributed by atoms with van der Waals surface area (Å²) in [5, 5.41) is 9.67. The second-order valence-electron chi connectivity index (χ2n) is 3.68. The molecule has 7 heteroatoms. The number of thiophene rings is 1. The monoisotopic (exact) mass is 347 g/mol. The molecule has 0 spiro atoms. The lowest BCUT2D eigenvalue weighted by Crippen LogP contribution is -2.11. The molecule has 2 N–H and O–H groups in total. The highest BCUT2D eigenvalue weighted by molar-refractivity contribution is 9.11. The van der Waals surface area contributed by atoms with E-state index < -0.39 is 10.0 Å². The van der Waals surface area contributed by atoms with Crippen molar-refractivity contribution >= 4 is 43.0 Å². The van der Waals surface area contributed by atoms with Crippen LogP contribution in [0.25, 0.3) is 0 Å². The first-order valence-corrected chi connectivity index (χ1v) is 8.05. The predicted molar refractivity (Wildman–Crippen MR) is 75.7 cm³/mol. The van der Waals surface area contributed by atoms with Crippen LogP contribution in [0.15, 0.2) is 38.3 Å². The molecule has 0 aliphatic carbocycles. The number of nitrogens with one attached hydrogen (secondary N) is 1. The lowest BCUT2D eigenvalue weighted by molar-refractivity contribution is 0.477. The van der Waals surface area contributed by atoms with Crippen molar-refractivity contribution in [3.05, 3.63) is 39.7 Å². The van der Waals surface area contributed by atoms with Crippen LogP contribution in [0.5, 0.6) is 5.75 Å². The van der Waals surface area contributed by atoms with Gasteiger partial charge in [-0.05, 0) is 52.7 Å². The summed E-state index contributed by atoms with van der Waals surface area (Å²) in [6.45, 7) is 1.81. The van der Waals surface area contributed by atoms with Gasteiger partial charge in [0.15, 0.2) is 0 Å². The summed E-state index contributed by atoms with van der Waals surface area (Å²) < 4.78 is 27.3. The first-order valence-electron chi connectivity index (χ1n) is 4.96. The fraction of sp³-hybridized carbons (Fsp3) is 0.0909. The Morgan fingerprint density at radius 2 is 2.00 bits per heavy atom.